The van der Waals surface area contributed by atoms with Gasteiger partial charge in [-0.15, -0.1) is 0 Å². The van der Waals surface area contributed by atoms with E-state index in [9.17, 15) is 5.11 Å². The largest absolute Gasteiger partial charge is 0.509 e. The lowest BCUT2D eigenvalue weighted by Crippen LogP contribution is -2.23. The summed E-state index contributed by atoms with van der Waals surface area (Å²) in [6.07, 6.45) is 5.13. The van der Waals surface area contributed by atoms with Crippen LogP contribution in [0.1, 0.15) is 36.5 Å². The molecule has 1 aliphatic rings. The van der Waals surface area contributed by atoms with Crippen molar-refractivity contribution in [3.8, 4) is 5.75 Å². The maximum atomic E-state index is 9.30. The van der Waals surface area contributed by atoms with Gasteiger partial charge in [0, 0.05) is 17.7 Å². The molecular formula is C30H32N2O2. The molecule has 0 saturated heterocycles. The average molecular weight is 453 g/mol. The third-order valence-corrected chi connectivity index (χ3v) is 5.71. The summed E-state index contributed by atoms with van der Waals surface area (Å²) >= 11 is 0. The van der Waals surface area contributed by atoms with Crippen molar-refractivity contribution < 1.29 is 9.84 Å². The van der Waals surface area contributed by atoms with E-state index in [0.29, 0.717) is 0 Å². The van der Waals surface area contributed by atoms with Gasteiger partial charge in [-0.05, 0) is 43.0 Å². The Morgan fingerprint density at radius 3 is 2.35 bits per heavy atom. The molecule has 0 unspecified atom stereocenters. The number of hydrogen-bond acceptors (Lipinski definition) is 4. The molecule has 1 heterocycles. The Bertz CT molecular complexity index is 1170. The Labute approximate surface area is 202 Å². The molecule has 0 spiro atoms. The number of nitrogens with one attached hydrogen (secondary N) is 1. The summed E-state index contributed by atoms with van der Waals surface area (Å²) in [5.41, 5.74) is 5.95. The molecule has 4 rings (SSSR count). The number of ether oxygens (including phenoxy) is 1. The standard InChI is InChI=1S/C30H32N2O2/c1-3-12-28-31-29(25-15-6-4-7-16-25)30(26-17-8-5-9-18-26)32(28)20-11-14-24-13-10-19-27(21-24)34-22-23(2)33/h4-10,12-13,15-19,21,31,33H,2-3,11,14,20,22H2,1H3/b28-12-. The van der Waals surface area contributed by atoms with Crippen LogP contribution in [0, 0.1) is 0 Å². The van der Waals surface area contributed by atoms with Crippen LogP contribution in [0.25, 0.3) is 11.4 Å². The van der Waals surface area contributed by atoms with Crippen molar-refractivity contribution in [2.24, 2.45) is 0 Å². The second-order valence-corrected chi connectivity index (χ2v) is 8.34. The van der Waals surface area contributed by atoms with Gasteiger partial charge in [-0.25, -0.2) is 0 Å². The first-order valence-corrected chi connectivity index (χ1v) is 11.8. The van der Waals surface area contributed by atoms with Gasteiger partial charge in [0.1, 0.15) is 23.9 Å². The summed E-state index contributed by atoms with van der Waals surface area (Å²) in [5, 5.41) is 13.0. The van der Waals surface area contributed by atoms with Crippen molar-refractivity contribution in [2.75, 3.05) is 13.2 Å². The quantitative estimate of drug-likeness (QED) is 0.334. The molecule has 0 radical (unpaired) electrons. The third kappa shape index (κ3) is 5.70. The predicted molar refractivity (Wildman–Crippen MR) is 140 cm³/mol. The Hall–Kier alpha value is -3.92. The minimum absolute atomic E-state index is 0.0247. The molecule has 0 atom stereocenters. The van der Waals surface area contributed by atoms with Gasteiger partial charge < -0.3 is 20.1 Å². The first-order valence-electron chi connectivity index (χ1n) is 11.8. The lowest BCUT2D eigenvalue weighted by molar-refractivity contribution is 0.272. The normalized spacial score (nSPS) is 14.4. The summed E-state index contributed by atoms with van der Waals surface area (Å²) in [4.78, 5) is 2.41. The second kappa shape index (κ2) is 11.3. The molecule has 0 bridgehead atoms. The topological polar surface area (TPSA) is 44.7 Å². The van der Waals surface area contributed by atoms with Crippen molar-refractivity contribution in [2.45, 2.75) is 26.2 Å². The van der Waals surface area contributed by atoms with Gasteiger partial charge >= 0.3 is 0 Å². The van der Waals surface area contributed by atoms with Crippen LogP contribution in [0.15, 0.2) is 109 Å². The molecule has 4 heteroatoms. The summed E-state index contributed by atoms with van der Waals surface area (Å²) in [5.74, 6) is 1.91. The maximum absolute atomic E-state index is 9.30. The number of allylic oxidation sites excluding steroid dienone is 1. The molecule has 0 aliphatic carbocycles. The first kappa shape index (κ1) is 23.2. The number of aliphatic hydroxyl groups is 1. The second-order valence-electron chi connectivity index (χ2n) is 8.34. The van der Waals surface area contributed by atoms with Crippen LogP contribution in [0.2, 0.25) is 0 Å². The molecule has 3 aromatic carbocycles. The van der Waals surface area contributed by atoms with E-state index < -0.39 is 0 Å². The fourth-order valence-electron chi connectivity index (χ4n) is 4.21. The predicted octanol–water partition coefficient (Wildman–Crippen LogP) is 6.75. The van der Waals surface area contributed by atoms with Gasteiger partial charge in [-0.1, -0.05) is 86.3 Å². The van der Waals surface area contributed by atoms with Crippen LogP contribution in [0.3, 0.4) is 0 Å². The minimum atomic E-state index is 0.0247. The zero-order chi connectivity index (χ0) is 23.8. The van der Waals surface area contributed by atoms with Crippen LogP contribution >= 0.6 is 0 Å². The molecule has 0 saturated carbocycles. The summed E-state index contributed by atoms with van der Waals surface area (Å²) in [6.45, 7) is 6.65. The zero-order valence-corrected chi connectivity index (χ0v) is 19.7. The number of rotatable bonds is 10. The molecule has 4 nitrogen and oxygen atoms in total. The highest BCUT2D eigenvalue weighted by Gasteiger charge is 2.28. The van der Waals surface area contributed by atoms with E-state index in [1.54, 1.807) is 0 Å². The van der Waals surface area contributed by atoms with Gasteiger partial charge in [0.15, 0.2) is 0 Å². The highest BCUT2D eigenvalue weighted by atomic mass is 16.5. The van der Waals surface area contributed by atoms with E-state index >= 15 is 0 Å². The molecule has 0 aromatic heterocycles. The molecule has 0 amide bonds. The average Bonchev–Trinajstić information content (AvgIpc) is 3.22. The molecule has 174 valence electrons. The highest BCUT2D eigenvalue weighted by molar-refractivity contribution is 5.93. The van der Waals surface area contributed by atoms with Crippen molar-refractivity contribution in [1.82, 2.24) is 10.2 Å². The van der Waals surface area contributed by atoms with Crippen LogP contribution in [0.5, 0.6) is 5.75 Å². The van der Waals surface area contributed by atoms with Gasteiger partial charge in [-0.2, -0.15) is 0 Å². The Balaban J connectivity index is 1.57. The number of aryl methyl sites for hydroxylation is 1. The van der Waals surface area contributed by atoms with E-state index in [4.69, 9.17) is 4.74 Å². The van der Waals surface area contributed by atoms with Crippen LogP contribution < -0.4 is 10.1 Å². The number of aliphatic hydroxyl groups excluding tert-OH is 1. The summed E-state index contributed by atoms with van der Waals surface area (Å²) in [7, 11) is 0. The van der Waals surface area contributed by atoms with Crippen LogP contribution in [-0.2, 0) is 6.42 Å². The molecular weight excluding hydrogens is 420 g/mol. The monoisotopic (exact) mass is 452 g/mol. The Morgan fingerprint density at radius 1 is 0.971 bits per heavy atom. The van der Waals surface area contributed by atoms with Crippen molar-refractivity contribution in [3.63, 3.8) is 0 Å². The SMILES string of the molecule is C=C(O)COc1cccc(CCCN2C(c3ccccc3)=C(c3ccccc3)N/C2=C/CC)c1. The van der Waals surface area contributed by atoms with Gasteiger partial charge in [0.25, 0.3) is 0 Å². The lowest BCUT2D eigenvalue weighted by atomic mass is 10.0. The van der Waals surface area contributed by atoms with Crippen LogP contribution in [0.4, 0.5) is 0 Å². The summed E-state index contributed by atoms with van der Waals surface area (Å²) in [6, 6.07) is 29.2. The lowest BCUT2D eigenvalue weighted by Gasteiger charge is -2.23. The van der Waals surface area contributed by atoms with Crippen molar-refractivity contribution in [1.29, 1.82) is 0 Å². The van der Waals surface area contributed by atoms with E-state index in [0.717, 1.165) is 43.1 Å². The van der Waals surface area contributed by atoms with Gasteiger partial charge in [0.05, 0.1) is 11.4 Å². The van der Waals surface area contributed by atoms with Crippen molar-refractivity contribution in [3.05, 3.63) is 126 Å². The van der Waals surface area contributed by atoms with Gasteiger partial charge in [0.2, 0.25) is 0 Å². The van der Waals surface area contributed by atoms with E-state index in [2.05, 4.69) is 96.5 Å². The highest BCUT2D eigenvalue weighted by Crippen LogP contribution is 2.36. The fraction of sp³-hybridized carbons (Fsp3) is 0.200. The zero-order valence-electron chi connectivity index (χ0n) is 19.7. The van der Waals surface area contributed by atoms with E-state index in [-0.39, 0.29) is 12.4 Å². The molecule has 0 fully saturated rings. The molecule has 2 N–H and O–H groups in total. The maximum Gasteiger partial charge on any atom is 0.144 e. The smallest absolute Gasteiger partial charge is 0.144 e. The third-order valence-electron chi connectivity index (χ3n) is 5.71. The number of nitrogens with zero attached hydrogens (tertiary/aromatic N) is 1. The van der Waals surface area contributed by atoms with Crippen molar-refractivity contribution >= 4 is 11.4 Å². The molecule has 34 heavy (non-hydrogen) atoms. The molecule has 3 aromatic rings. The minimum Gasteiger partial charge on any atom is -0.509 e. The Morgan fingerprint density at radius 2 is 1.68 bits per heavy atom. The first-order chi connectivity index (χ1) is 16.7. The summed E-state index contributed by atoms with van der Waals surface area (Å²) < 4.78 is 5.59. The number of hydrogen-bond donors (Lipinski definition) is 2. The van der Waals surface area contributed by atoms with E-state index in [1.165, 1.54) is 22.4 Å². The fourth-order valence-corrected chi connectivity index (χ4v) is 4.21. The number of benzene rings is 3. The molecule has 1 aliphatic heterocycles. The van der Waals surface area contributed by atoms with E-state index in [1.807, 2.05) is 18.2 Å². The van der Waals surface area contributed by atoms with Crippen LogP contribution in [-0.4, -0.2) is 23.2 Å². The Kier molecular flexibility index (Phi) is 7.71. The van der Waals surface area contributed by atoms with Gasteiger partial charge in [-0.3, -0.25) is 0 Å².